The SMILES string of the molecule is CC(C)[C@@H](N)C(=O)Cc1ccccc1. The first-order valence-electron chi connectivity index (χ1n) is 4.93. The Kier molecular flexibility index (Phi) is 3.84. The van der Waals surface area contributed by atoms with Crippen molar-refractivity contribution in [1.29, 1.82) is 0 Å². The van der Waals surface area contributed by atoms with E-state index < -0.39 is 0 Å². The fourth-order valence-electron chi connectivity index (χ4n) is 1.29. The zero-order valence-corrected chi connectivity index (χ0v) is 8.73. The largest absolute Gasteiger partial charge is 0.321 e. The molecule has 76 valence electrons. The van der Waals surface area contributed by atoms with Crippen molar-refractivity contribution in [2.24, 2.45) is 11.7 Å². The monoisotopic (exact) mass is 191 g/mol. The second-order valence-corrected chi connectivity index (χ2v) is 3.90. The summed E-state index contributed by atoms with van der Waals surface area (Å²) in [5.41, 5.74) is 6.79. The van der Waals surface area contributed by atoms with Crippen molar-refractivity contribution in [3.63, 3.8) is 0 Å². The molecular weight excluding hydrogens is 174 g/mol. The second kappa shape index (κ2) is 4.91. The van der Waals surface area contributed by atoms with Crippen molar-refractivity contribution < 1.29 is 4.79 Å². The van der Waals surface area contributed by atoms with E-state index in [0.717, 1.165) is 5.56 Å². The van der Waals surface area contributed by atoms with Gasteiger partial charge >= 0.3 is 0 Å². The van der Waals surface area contributed by atoms with E-state index in [0.29, 0.717) is 6.42 Å². The maximum absolute atomic E-state index is 11.6. The van der Waals surface area contributed by atoms with Gasteiger partial charge in [-0.3, -0.25) is 4.79 Å². The number of Topliss-reactive ketones (excluding diaryl/α,β-unsaturated/α-hetero) is 1. The normalized spacial score (nSPS) is 12.9. The molecule has 14 heavy (non-hydrogen) atoms. The highest BCUT2D eigenvalue weighted by molar-refractivity contribution is 5.86. The van der Waals surface area contributed by atoms with Crippen LogP contribution in [-0.4, -0.2) is 11.8 Å². The molecule has 1 rings (SSSR count). The quantitative estimate of drug-likeness (QED) is 0.788. The van der Waals surface area contributed by atoms with E-state index in [2.05, 4.69) is 0 Å². The number of nitrogens with two attached hydrogens (primary N) is 1. The maximum Gasteiger partial charge on any atom is 0.154 e. The van der Waals surface area contributed by atoms with E-state index in [1.54, 1.807) is 0 Å². The van der Waals surface area contributed by atoms with Crippen molar-refractivity contribution in [2.45, 2.75) is 26.3 Å². The number of ketones is 1. The van der Waals surface area contributed by atoms with Gasteiger partial charge in [0.1, 0.15) is 0 Å². The summed E-state index contributed by atoms with van der Waals surface area (Å²) >= 11 is 0. The van der Waals surface area contributed by atoms with Gasteiger partial charge in [0.25, 0.3) is 0 Å². The molecule has 0 unspecified atom stereocenters. The molecule has 0 aliphatic heterocycles. The van der Waals surface area contributed by atoms with Crippen LogP contribution < -0.4 is 5.73 Å². The topological polar surface area (TPSA) is 43.1 Å². The van der Waals surface area contributed by atoms with E-state index in [4.69, 9.17) is 5.73 Å². The molecule has 0 bridgehead atoms. The van der Waals surface area contributed by atoms with Gasteiger partial charge in [0.05, 0.1) is 6.04 Å². The Morgan fingerprint density at radius 3 is 2.36 bits per heavy atom. The minimum absolute atomic E-state index is 0.117. The smallest absolute Gasteiger partial charge is 0.154 e. The molecular formula is C12H17NO. The van der Waals surface area contributed by atoms with E-state index in [9.17, 15) is 4.79 Å². The van der Waals surface area contributed by atoms with Gasteiger partial charge in [-0.15, -0.1) is 0 Å². The number of rotatable bonds is 4. The van der Waals surface area contributed by atoms with E-state index >= 15 is 0 Å². The lowest BCUT2D eigenvalue weighted by Gasteiger charge is -2.13. The van der Waals surface area contributed by atoms with Crippen LogP contribution in [0.3, 0.4) is 0 Å². The summed E-state index contributed by atoms with van der Waals surface area (Å²) in [5, 5.41) is 0. The fraction of sp³-hybridized carbons (Fsp3) is 0.417. The second-order valence-electron chi connectivity index (χ2n) is 3.90. The molecule has 0 spiro atoms. The average Bonchev–Trinajstić information content (AvgIpc) is 2.18. The predicted octanol–water partition coefficient (Wildman–Crippen LogP) is 1.78. The molecule has 0 radical (unpaired) electrons. The van der Waals surface area contributed by atoms with Gasteiger partial charge in [-0.25, -0.2) is 0 Å². The van der Waals surface area contributed by atoms with Crippen LogP contribution in [0, 0.1) is 5.92 Å². The van der Waals surface area contributed by atoms with Gasteiger partial charge in [0.15, 0.2) is 5.78 Å². The highest BCUT2D eigenvalue weighted by Crippen LogP contribution is 2.05. The number of benzene rings is 1. The average molecular weight is 191 g/mol. The molecule has 2 nitrogen and oxygen atoms in total. The summed E-state index contributed by atoms with van der Waals surface area (Å²) in [6.07, 6.45) is 0.445. The maximum atomic E-state index is 11.6. The molecule has 1 aromatic rings. The van der Waals surface area contributed by atoms with Crippen molar-refractivity contribution in [3.8, 4) is 0 Å². The summed E-state index contributed by atoms with van der Waals surface area (Å²) in [7, 11) is 0. The summed E-state index contributed by atoms with van der Waals surface area (Å²) < 4.78 is 0. The van der Waals surface area contributed by atoms with Crippen LogP contribution in [0.15, 0.2) is 30.3 Å². The minimum atomic E-state index is -0.338. The third-order valence-corrected chi connectivity index (χ3v) is 2.31. The summed E-state index contributed by atoms with van der Waals surface area (Å²) in [5.74, 6) is 0.331. The molecule has 2 N–H and O–H groups in total. The zero-order chi connectivity index (χ0) is 10.6. The molecule has 0 saturated heterocycles. The van der Waals surface area contributed by atoms with Gasteiger partial charge in [0, 0.05) is 6.42 Å². The molecule has 1 atom stereocenters. The highest BCUT2D eigenvalue weighted by atomic mass is 16.1. The standard InChI is InChI=1S/C12H17NO/c1-9(2)12(13)11(14)8-10-6-4-3-5-7-10/h3-7,9,12H,8,13H2,1-2H3/t12-/m1/s1. The molecule has 0 amide bonds. The third kappa shape index (κ3) is 2.96. The van der Waals surface area contributed by atoms with Crippen LogP contribution in [0.4, 0.5) is 0 Å². The Balaban J connectivity index is 2.58. The molecule has 0 aliphatic carbocycles. The highest BCUT2D eigenvalue weighted by Gasteiger charge is 2.16. The molecule has 0 fully saturated rings. The molecule has 0 aromatic heterocycles. The lowest BCUT2D eigenvalue weighted by molar-refractivity contribution is -0.120. The lowest BCUT2D eigenvalue weighted by Crippen LogP contribution is -2.36. The number of carbonyl (C=O) groups is 1. The predicted molar refractivity (Wildman–Crippen MR) is 58.0 cm³/mol. The van der Waals surface area contributed by atoms with Crippen molar-refractivity contribution in [3.05, 3.63) is 35.9 Å². The van der Waals surface area contributed by atoms with Gasteiger partial charge in [0.2, 0.25) is 0 Å². The Hall–Kier alpha value is -1.15. The van der Waals surface area contributed by atoms with E-state index in [1.807, 2.05) is 44.2 Å². The Bertz CT molecular complexity index is 292. The zero-order valence-electron chi connectivity index (χ0n) is 8.73. The van der Waals surface area contributed by atoms with E-state index in [1.165, 1.54) is 0 Å². The lowest BCUT2D eigenvalue weighted by atomic mass is 9.96. The van der Waals surface area contributed by atoms with Gasteiger partial charge < -0.3 is 5.73 Å². The van der Waals surface area contributed by atoms with Crippen molar-refractivity contribution >= 4 is 5.78 Å². The van der Waals surface area contributed by atoms with Crippen LogP contribution in [0.25, 0.3) is 0 Å². The Morgan fingerprint density at radius 1 is 1.29 bits per heavy atom. The molecule has 0 heterocycles. The summed E-state index contributed by atoms with van der Waals surface area (Å²) in [4.78, 5) is 11.6. The Labute approximate surface area is 85.1 Å². The Morgan fingerprint density at radius 2 is 1.86 bits per heavy atom. The summed E-state index contributed by atoms with van der Waals surface area (Å²) in [6, 6.07) is 9.37. The van der Waals surface area contributed by atoms with Crippen LogP contribution in [0.5, 0.6) is 0 Å². The third-order valence-electron chi connectivity index (χ3n) is 2.31. The van der Waals surface area contributed by atoms with Crippen LogP contribution in [-0.2, 0) is 11.2 Å². The van der Waals surface area contributed by atoms with Gasteiger partial charge in [-0.1, -0.05) is 44.2 Å². The van der Waals surface area contributed by atoms with E-state index in [-0.39, 0.29) is 17.7 Å². The summed E-state index contributed by atoms with van der Waals surface area (Å²) in [6.45, 7) is 3.93. The van der Waals surface area contributed by atoms with Crippen LogP contribution in [0.1, 0.15) is 19.4 Å². The molecule has 0 aliphatic rings. The van der Waals surface area contributed by atoms with Crippen molar-refractivity contribution in [1.82, 2.24) is 0 Å². The number of hydrogen-bond acceptors (Lipinski definition) is 2. The van der Waals surface area contributed by atoms with Crippen LogP contribution in [0.2, 0.25) is 0 Å². The van der Waals surface area contributed by atoms with Gasteiger partial charge in [-0.2, -0.15) is 0 Å². The number of hydrogen-bond donors (Lipinski definition) is 1. The van der Waals surface area contributed by atoms with Crippen LogP contribution >= 0.6 is 0 Å². The van der Waals surface area contributed by atoms with Gasteiger partial charge in [-0.05, 0) is 11.5 Å². The first kappa shape index (κ1) is 10.9. The first-order valence-corrected chi connectivity index (χ1v) is 4.93. The first-order chi connectivity index (χ1) is 6.61. The van der Waals surface area contributed by atoms with Crippen molar-refractivity contribution in [2.75, 3.05) is 0 Å². The number of carbonyl (C=O) groups excluding carboxylic acids is 1. The fourth-order valence-corrected chi connectivity index (χ4v) is 1.29. The molecule has 2 heteroatoms. The molecule has 1 aromatic carbocycles. The minimum Gasteiger partial charge on any atom is -0.321 e. The molecule has 0 saturated carbocycles.